The molecule has 2 aromatic rings. The van der Waals surface area contributed by atoms with E-state index in [4.69, 9.17) is 0 Å². The lowest BCUT2D eigenvalue weighted by Gasteiger charge is -2.21. The summed E-state index contributed by atoms with van der Waals surface area (Å²) in [7, 11) is 0. The minimum atomic E-state index is 0.277. The second-order valence-corrected chi connectivity index (χ2v) is 5.45. The summed E-state index contributed by atoms with van der Waals surface area (Å²) < 4.78 is 0. The van der Waals surface area contributed by atoms with Gasteiger partial charge in [0, 0.05) is 35.3 Å². The second-order valence-electron chi connectivity index (χ2n) is 5.45. The minimum Gasteiger partial charge on any atom is -0.396 e. The number of benzene rings is 1. The van der Waals surface area contributed by atoms with Crippen molar-refractivity contribution in [2.24, 2.45) is 5.92 Å². The number of rotatable bonds is 3. The van der Waals surface area contributed by atoms with Crippen molar-refractivity contribution < 1.29 is 5.11 Å². The van der Waals surface area contributed by atoms with Crippen molar-refractivity contribution in [2.45, 2.75) is 32.2 Å². The lowest BCUT2D eigenvalue weighted by atomic mass is 10.0. The highest BCUT2D eigenvalue weighted by molar-refractivity contribution is 5.91. The molecule has 3 heteroatoms. The van der Waals surface area contributed by atoms with Crippen molar-refractivity contribution in [3.05, 3.63) is 36.0 Å². The molecule has 2 atom stereocenters. The fourth-order valence-electron chi connectivity index (χ4n) is 3.07. The molecule has 1 aliphatic rings. The number of hydrogen-bond acceptors (Lipinski definition) is 3. The molecule has 0 amide bonds. The van der Waals surface area contributed by atoms with E-state index in [2.05, 4.69) is 22.4 Å². The molecule has 100 valence electrons. The van der Waals surface area contributed by atoms with Gasteiger partial charge in [-0.3, -0.25) is 4.98 Å². The van der Waals surface area contributed by atoms with Crippen molar-refractivity contribution in [3.63, 3.8) is 0 Å². The molecule has 1 saturated carbocycles. The number of fused-ring (bicyclic) bond motifs is 1. The second kappa shape index (κ2) is 5.17. The Morgan fingerprint density at radius 2 is 2.16 bits per heavy atom. The van der Waals surface area contributed by atoms with Crippen LogP contribution in [0.5, 0.6) is 0 Å². The average molecular weight is 256 g/mol. The lowest BCUT2D eigenvalue weighted by Crippen LogP contribution is -2.26. The maximum atomic E-state index is 9.43. The van der Waals surface area contributed by atoms with Crippen LogP contribution in [-0.4, -0.2) is 22.7 Å². The Bertz CT molecular complexity index is 582. The van der Waals surface area contributed by atoms with Crippen molar-refractivity contribution in [2.75, 3.05) is 11.9 Å². The van der Waals surface area contributed by atoms with E-state index in [0.717, 1.165) is 35.1 Å². The van der Waals surface area contributed by atoms with E-state index in [1.807, 2.05) is 25.1 Å². The summed E-state index contributed by atoms with van der Waals surface area (Å²) in [5.74, 6) is 0.382. The molecular weight excluding hydrogens is 236 g/mol. The van der Waals surface area contributed by atoms with Crippen LogP contribution in [-0.2, 0) is 0 Å². The highest BCUT2D eigenvalue weighted by Gasteiger charge is 2.26. The van der Waals surface area contributed by atoms with Gasteiger partial charge in [0.05, 0.1) is 5.52 Å². The van der Waals surface area contributed by atoms with Crippen LogP contribution in [0, 0.1) is 12.8 Å². The quantitative estimate of drug-likeness (QED) is 0.887. The minimum absolute atomic E-state index is 0.277. The summed E-state index contributed by atoms with van der Waals surface area (Å²) in [6.07, 6.45) is 3.46. The number of aliphatic hydroxyl groups excluding tert-OH is 1. The van der Waals surface area contributed by atoms with Gasteiger partial charge in [0.2, 0.25) is 0 Å². The number of nitrogens with zero attached hydrogens (tertiary/aromatic N) is 1. The zero-order valence-electron chi connectivity index (χ0n) is 11.3. The van der Waals surface area contributed by atoms with Gasteiger partial charge in [-0.2, -0.15) is 0 Å². The molecule has 1 fully saturated rings. The monoisotopic (exact) mass is 256 g/mol. The van der Waals surface area contributed by atoms with Crippen LogP contribution >= 0.6 is 0 Å². The van der Waals surface area contributed by atoms with Crippen molar-refractivity contribution in [3.8, 4) is 0 Å². The molecule has 1 aliphatic carbocycles. The van der Waals surface area contributed by atoms with Gasteiger partial charge >= 0.3 is 0 Å². The SMILES string of the molecule is Cc1cc(NC2CCCC2CO)c2ccccc2n1. The molecule has 3 nitrogen and oxygen atoms in total. The summed E-state index contributed by atoms with van der Waals surface area (Å²) >= 11 is 0. The number of aromatic nitrogens is 1. The Hall–Kier alpha value is -1.61. The van der Waals surface area contributed by atoms with Crippen LogP contribution in [0.1, 0.15) is 25.0 Å². The summed E-state index contributed by atoms with van der Waals surface area (Å²) in [6.45, 7) is 2.30. The molecule has 2 N–H and O–H groups in total. The molecule has 0 spiro atoms. The van der Waals surface area contributed by atoms with Crippen LogP contribution in [0.15, 0.2) is 30.3 Å². The first-order valence-corrected chi connectivity index (χ1v) is 7.01. The third-order valence-electron chi connectivity index (χ3n) is 4.08. The number of para-hydroxylation sites is 1. The summed E-state index contributed by atoms with van der Waals surface area (Å²) in [4.78, 5) is 4.56. The average Bonchev–Trinajstić information content (AvgIpc) is 2.86. The number of aryl methyl sites for hydroxylation is 1. The van der Waals surface area contributed by atoms with Crippen molar-refractivity contribution in [1.82, 2.24) is 4.98 Å². The van der Waals surface area contributed by atoms with E-state index in [1.54, 1.807) is 0 Å². The highest BCUT2D eigenvalue weighted by atomic mass is 16.3. The predicted molar refractivity (Wildman–Crippen MR) is 78.3 cm³/mol. The van der Waals surface area contributed by atoms with Crippen LogP contribution in [0.2, 0.25) is 0 Å². The fourth-order valence-corrected chi connectivity index (χ4v) is 3.07. The van der Waals surface area contributed by atoms with Crippen LogP contribution in [0.4, 0.5) is 5.69 Å². The van der Waals surface area contributed by atoms with Gasteiger partial charge < -0.3 is 10.4 Å². The predicted octanol–water partition coefficient (Wildman–Crippen LogP) is 3.12. The smallest absolute Gasteiger partial charge is 0.0725 e. The van der Waals surface area contributed by atoms with Crippen LogP contribution in [0.25, 0.3) is 10.9 Å². The first kappa shape index (κ1) is 12.4. The molecule has 2 unspecified atom stereocenters. The Morgan fingerprint density at radius 3 is 3.00 bits per heavy atom. The number of nitrogens with one attached hydrogen (secondary N) is 1. The van der Waals surface area contributed by atoms with Gasteiger partial charge in [-0.1, -0.05) is 24.6 Å². The van der Waals surface area contributed by atoms with Gasteiger partial charge in [0.1, 0.15) is 0 Å². The molecule has 0 bridgehead atoms. The topological polar surface area (TPSA) is 45.1 Å². The zero-order valence-corrected chi connectivity index (χ0v) is 11.3. The summed E-state index contributed by atoms with van der Waals surface area (Å²) in [6, 6.07) is 10.7. The van der Waals surface area contributed by atoms with E-state index in [-0.39, 0.29) is 6.61 Å². The Kier molecular flexibility index (Phi) is 3.38. The maximum absolute atomic E-state index is 9.43. The molecule has 1 heterocycles. The van der Waals surface area contributed by atoms with E-state index in [9.17, 15) is 5.11 Å². The van der Waals surface area contributed by atoms with Gasteiger partial charge in [-0.25, -0.2) is 0 Å². The molecule has 0 aliphatic heterocycles. The number of hydrogen-bond donors (Lipinski definition) is 2. The van der Waals surface area contributed by atoms with E-state index in [1.165, 1.54) is 6.42 Å². The molecule has 1 aromatic heterocycles. The maximum Gasteiger partial charge on any atom is 0.0725 e. The number of pyridine rings is 1. The zero-order chi connectivity index (χ0) is 13.2. The lowest BCUT2D eigenvalue weighted by molar-refractivity contribution is 0.222. The third-order valence-corrected chi connectivity index (χ3v) is 4.08. The van der Waals surface area contributed by atoms with Gasteiger partial charge in [-0.15, -0.1) is 0 Å². The van der Waals surface area contributed by atoms with E-state index in [0.29, 0.717) is 12.0 Å². The standard InChI is InChI=1S/C16H20N2O/c1-11-9-16(13-6-2-3-7-15(13)17-11)18-14-8-4-5-12(14)10-19/h2-3,6-7,9,12,14,19H,4-5,8,10H2,1H3,(H,17,18). The molecule has 1 aromatic carbocycles. The molecule has 3 rings (SSSR count). The number of anilines is 1. The molecule has 0 radical (unpaired) electrons. The summed E-state index contributed by atoms with van der Waals surface area (Å²) in [5, 5.41) is 14.2. The molecule has 19 heavy (non-hydrogen) atoms. The fraction of sp³-hybridized carbons (Fsp3) is 0.438. The Balaban J connectivity index is 1.96. The van der Waals surface area contributed by atoms with Crippen molar-refractivity contribution >= 4 is 16.6 Å². The van der Waals surface area contributed by atoms with Crippen LogP contribution in [0.3, 0.4) is 0 Å². The molecule has 0 saturated heterocycles. The van der Waals surface area contributed by atoms with Crippen LogP contribution < -0.4 is 5.32 Å². The first-order valence-electron chi connectivity index (χ1n) is 7.01. The summed E-state index contributed by atoms with van der Waals surface area (Å²) in [5.41, 5.74) is 3.21. The highest BCUT2D eigenvalue weighted by Crippen LogP contribution is 2.31. The third kappa shape index (κ3) is 2.43. The van der Waals surface area contributed by atoms with E-state index < -0.39 is 0 Å². The Labute approximate surface area is 113 Å². The Morgan fingerprint density at radius 1 is 1.32 bits per heavy atom. The van der Waals surface area contributed by atoms with Gasteiger partial charge in [0.15, 0.2) is 0 Å². The van der Waals surface area contributed by atoms with Gasteiger partial charge in [0.25, 0.3) is 0 Å². The molecular formula is C16H20N2O. The normalized spacial score (nSPS) is 22.8. The first-order chi connectivity index (χ1) is 9.28. The van der Waals surface area contributed by atoms with Gasteiger partial charge in [-0.05, 0) is 31.9 Å². The van der Waals surface area contributed by atoms with E-state index >= 15 is 0 Å². The van der Waals surface area contributed by atoms with Crippen molar-refractivity contribution in [1.29, 1.82) is 0 Å². The number of aliphatic hydroxyl groups is 1. The largest absolute Gasteiger partial charge is 0.396 e.